The van der Waals surface area contributed by atoms with Crippen molar-refractivity contribution in [3.05, 3.63) is 45.9 Å². The zero-order valence-electron chi connectivity index (χ0n) is 14.7. The second-order valence-electron chi connectivity index (χ2n) is 5.29. The van der Waals surface area contributed by atoms with Gasteiger partial charge in [-0.2, -0.15) is 0 Å². The summed E-state index contributed by atoms with van der Waals surface area (Å²) in [5.74, 6) is 1.66. The highest BCUT2D eigenvalue weighted by atomic mass is 35.5. The Balaban J connectivity index is 1.96. The Morgan fingerprint density at radius 2 is 1.65 bits per heavy atom. The van der Waals surface area contributed by atoms with E-state index in [0.29, 0.717) is 45.9 Å². The molecule has 0 aromatic heterocycles. The van der Waals surface area contributed by atoms with Gasteiger partial charge >= 0.3 is 6.03 Å². The number of hydrogen-bond acceptors (Lipinski definition) is 4. The number of hydrogen-bond donors (Lipinski definition) is 2. The van der Waals surface area contributed by atoms with Crippen LogP contribution in [0.1, 0.15) is 5.56 Å². The van der Waals surface area contributed by atoms with E-state index in [-0.39, 0.29) is 6.03 Å². The molecule has 6 nitrogen and oxygen atoms in total. The van der Waals surface area contributed by atoms with Gasteiger partial charge in [-0.05, 0) is 42.3 Å². The quantitative estimate of drug-likeness (QED) is 0.725. The normalized spacial score (nSPS) is 10.2. The summed E-state index contributed by atoms with van der Waals surface area (Å²) in [4.78, 5) is 12.0. The average molecular weight is 399 g/mol. The lowest BCUT2D eigenvalue weighted by Crippen LogP contribution is -2.30. The van der Waals surface area contributed by atoms with Crippen LogP contribution in [-0.4, -0.2) is 33.9 Å². The van der Waals surface area contributed by atoms with Crippen LogP contribution < -0.4 is 24.8 Å². The van der Waals surface area contributed by atoms with E-state index in [2.05, 4.69) is 10.6 Å². The van der Waals surface area contributed by atoms with E-state index in [4.69, 9.17) is 37.4 Å². The lowest BCUT2D eigenvalue weighted by molar-refractivity contribution is 0.252. The number of ether oxygens (including phenoxy) is 3. The van der Waals surface area contributed by atoms with Crippen LogP contribution in [0.4, 0.5) is 10.5 Å². The summed E-state index contributed by atoms with van der Waals surface area (Å²) in [6.45, 7) is 0.405. The predicted octanol–water partition coefficient (Wildman–Crippen LogP) is 4.38. The second-order valence-corrected chi connectivity index (χ2v) is 6.13. The molecule has 2 aromatic carbocycles. The molecule has 2 rings (SSSR count). The summed E-state index contributed by atoms with van der Waals surface area (Å²) >= 11 is 11.9. The van der Waals surface area contributed by atoms with Crippen LogP contribution in [0.5, 0.6) is 17.2 Å². The maximum Gasteiger partial charge on any atom is 0.319 e. The van der Waals surface area contributed by atoms with Crippen molar-refractivity contribution >= 4 is 34.9 Å². The van der Waals surface area contributed by atoms with Crippen LogP contribution in [0, 0.1) is 0 Å². The molecule has 0 aliphatic carbocycles. The smallest absolute Gasteiger partial charge is 0.319 e. The molecule has 2 aromatic rings. The van der Waals surface area contributed by atoms with Gasteiger partial charge in [0.15, 0.2) is 11.5 Å². The summed E-state index contributed by atoms with van der Waals surface area (Å²) in [5.41, 5.74) is 1.38. The molecule has 0 atom stereocenters. The highest BCUT2D eigenvalue weighted by Gasteiger charge is 2.13. The van der Waals surface area contributed by atoms with Crippen molar-refractivity contribution in [1.29, 1.82) is 0 Å². The number of rotatable bonds is 7. The van der Waals surface area contributed by atoms with Crippen LogP contribution in [0.25, 0.3) is 0 Å². The number of carbonyl (C=O) groups excluding carboxylic acids is 1. The van der Waals surface area contributed by atoms with Crippen molar-refractivity contribution in [3.8, 4) is 17.2 Å². The Morgan fingerprint density at radius 3 is 2.23 bits per heavy atom. The maximum absolute atomic E-state index is 12.0. The largest absolute Gasteiger partial charge is 0.493 e. The van der Waals surface area contributed by atoms with Crippen molar-refractivity contribution in [3.63, 3.8) is 0 Å². The molecule has 8 heteroatoms. The van der Waals surface area contributed by atoms with Crippen molar-refractivity contribution in [2.45, 2.75) is 6.42 Å². The predicted molar refractivity (Wildman–Crippen MR) is 103 cm³/mol. The van der Waals surface area contributed by atoms with Gasteiger partial charge in [0.25, 0.3) is 0 Å². The van der Waals surface area contributed by atoms with Crippen molar-refractivity contribution < 1.29 is 19.0 Å². The molecule has 140 valence electrons. The van der Waals surface area contributed by atoms with Gasteiger partial charge in [-0.3, -0.25) is 0 Å². The summed E-state index contributed by atoms with van der Waals surface area (Å²) < 4.78 is 15.9. The van der Waals surface area contributed by atoms with Gasteiger partial charge in [0.2, 0.25) is 5.75 Å². The van der Waals surface area contributed by atoms with Crippen LogP contribution in [-0.2, 0) is 6.42 Å². The average Bonchev–Trinajstić information content (AvgIpc) is 2.63. The lowest BCUT2D eigenvalue weighted by atomic mass is 10.1. The Bertz CT molecular complexity index is 759. The number of urea groups is 1. The van der Waals surface area contributed by atoms with Gasteiger partial charge < -0.3 is 24.8 Å². The van der Waals surface area contributed by atoms with E-state index in [1.807, 2.05) is 12.1 Å². The second kappa shape index (κ2) is 9.40. The third kappa shape index (κ3) is 5.09. The standard InChI is InChI=1S/C18H20Cl2N2O4/c1-24-15-8-11(9-16(25-2)17(15)26-3)6-7-21-18(23)22-14-10-12(19)4-5-13(14)20/h4-5,8-10H,6-7H2,1-3H3,(H2,21,22,23). The molecule has 0 unspecified atom stereocenters. The first-order valence-electron chi connectivity index (χ1n) is 7.77. The fourth-order valence-corrected chi connectivity index (χ4v) is 2.70. The van der Waals surface area contributed by atoms with Gasteiger partial charge in [-0.15, -0.1) is 0 Å². The molecule has 26 heavy (non-hydrogen) atoms. The number of carbonyl (C=O) groups is 1. The number of methoxy groups -OCH3 is 3. The highest BCUT2D eigenvalue weighted by molar-refractivity contribution is 6.35. The highest BCUT2D eigenvalue weighted by Crippen LogP contribution is 2.38. The van der Waals surface area contributed by atoms with Gasteiger partial charge in [-0.1, -0.05) is 23.2 Å². The minimum Gasteiger partial charge on any atom is -0.493 e. The number of amides is 2. The zero-order chi connectivity index (χ0) is 19.1. The Hall–Kier alpha value is -2.31. The molecule has 0 bridgehead atoms. The maximum atomic E-state index is 12.0. The van der Waals surface area contributed by atoms with E-state index in [0.717, 1.165) is 5.56 Å². The molecular formula is C18H20Cl2N2O4. The van der Waals surface area contributed by atoms with E-state index >= 15 is 0 Å². The molecule has 0 fully saturated rings. The number of anilines is 1. The summed E-state index contributed by atoms with van der Waals surface area (Å²) in [6, 6.07) is 8.17. The van der Waals surface area contributed by atoms with Crippen LogP contribution >= 0.6 is 23.2 Å². The third-order valence-electron chi connectivity index (χ3n) is 3.60. The Kier molecular flexibility index (Phi) is 7.24. The molecule has 0 saturated heterocycles. The van der Waals surface area contributed by atoms with Gasteiger partial charge in [0.1, 0.15) is 0 Å². The number of halogens is 2. The van der Waals surface area contributed by atoms with Crippen LogP contribution in [0.2, 0.25) is 10.0 Å². The minimum absolute atomic E-state index is 0.374. The molecule has 0 aliphatic rings. The van der Waals surface area contributed by atoms with Crippen molar-refractivity contribution in [2.24, 2.45) is 0 Å². The Labute approximate surface area is 162 Å². The van der Waals surface area contributed by atoms with Gasteiger partial charge in [-0.25, -0.2) is 4.79 Å². The van der Waals surface area contributed by atoms with Crippen molar-refractivity contribution in [1.82, 2.24) is 5.32 Å². The molecule has 2 amide bonds. The lowest BCUT2D eigenvalue weighted by Gasteiger charge is -2.14. The fourth-order valence-electron chi connectivity index (χ4n) is 2.36. The summed E-state index contributed by atoms with van der Waals surface area (Å²) in [5, 5.41) is 6.33. The molecule has 0 aliphatic heterocycles. The number of benzene rings is 2. The number of nitrogens with one attached hydrogen (secondary N) is 2. The monoisotopic (exact) mass is 398 g/mol. The van der Waals surface area contributed by atoms with Gasteiger partial charge in [0, 0.05) is 11.6 Å². The third-order valence-corrected chi connectivity index (χ3v) is 4.17. The van der Waals surface area contributed by atoms with E-state index in [9.17, 15) is 4.79 Å². The molecule has 0 saturated carbocycles. The summed E-state index contributed by atoms with van der Waals surface area (Å²) in [6.07, 6.45) is 0.577. The Morgan fingerprint density at radius 1 is 1.00 bits per heavy atom. The first-order valence-corrected chi connectivity index (χ1v) is 8.52. The molecular weight excluding hydrogens is 379 g/mol. The van der Waals surface area contributed by atoms with E-state index in [1.54, 1.807) is 39.5 Å². The van der Waals surface area contributed by atoms with E-state index < -0.39 is 0 Å². The van der Waals surface area contributed by atoms with Gasteiger partial charge in [0.05, 0.1) is 32.0 Å². The first-order chi connectivity index (χ1) is 12.5. The SMILES string of the molecule is COc1cc(CCNC(=O)Nc2cc(Cl)ccc2Cl)cc(OC)c1OC. The molecule has 0 spiro atoms. The van der Waals surface area contributed by atoms with Crippen molar-refractivity contribution in [2.75, 3.05) is 33.2 Å². The molecule has 0 heterocycles. The first kappa shape index (κ1) is 20.0. The molecule has 0 radical (unpaired) electrons. The van der Waals surface area contributed by atoms with E-state index in [1.165, 1.54) is 0 Å². The minimum atomic E-state index is -0.374. The summed E-state index contributed by atoms with van der Waals surface area (Å²) in [7, 11) is 4.66. The van der Waals surface area contributed by atoms with Crippen LogP contribution in [0.15, 0.2) is 30.3 Å². The fraction of sp³-hybridized carbons (Fsp3) is 0.278. The zero-order valence-corrected chi connectivity index (χ0v) is 16.2. The molecule has 2 N–H and O–H groups in total. The van der Waals surface area contributed by atoms with Crippen LogP contribution in [0.3, 0.4) is 0 Å². The topological polar surface area (TPSA) is 68.8 Å².